The van der Waals surface area contributed by atoms with Crippen LogP contribution in [0.3, 0.4) is 0 Å². The van der Waals surface area contributed by atoms with E-state index in [1.807, 2.05) is 0 Å². The van der Waals surface area contributed by atoms with Gasteiger partial charge in [-0.05, 0) is 55.6 Å². The zero-order valence-corrected chi connectivity index (χ0v) is 15.3. The van der Waals surface area contributed by atoms with Crippen molar-refractivity contribution in [1.29, 1.82) is 0 Å². The number of nitrogens with two attached hydrogens (primary N) is 1. The maximum absolute atomic E-state index is 12.7. The van der Waals surface area contributed by atoms with Gasteiger partial charge in [0.25, 0.3) is 0 Å². The third-order valence-corrected chi connectivity index (χ3v) is 6.36. The normalized spacial score (nSPS) is 30.0. The van der Waals surface area contributed by atoms with Gasteiger partial charge < -0.3 is 11.1 Å². The molecule has 132 valence electrons. The zero-order valence-electron chi connectivity index (χ0n) is 15.3. The van der Waals surface area contributed by atoms with E-state index in [0.29, 0.717) is 24.4 Å². The summed E-state index contributed by atoms with van der Waals surface area (Å²) in [6.07, 6.45) is 5.66. The summed E-state index contributed by atoms with van der Waals surface area (Å²) in [6.45, 7) is 7.25. The van der Waals surface area contributed by atoms with E-state index in [-0.39, 0.29) is 17.2 Å². The maximum atomic E-state index is 12.7. The molecular formula is C21H32N2O. The van der Waals surface area contributed by atoms with Gasteiger partial charge in [-0.25, -0.2) is 0 Å². The molecule has 0 aliphatic heterocycles. The predicted octanol–water partition coefficient (Wildman–Crippen LogP) is 3.54. The number of benzene rings is 1. The van der Waals surface area contributed by atoms with Crippen molar-refractivity contribution in [3.8, 4) is 0 Å². The molecule has 2 unspecified atom stereocenters. The monoisotopic (exact) mass is 328 g/mol. The van der Waals surface area contributed by atoms with Gasteiger partial charge in [0, 0.05) is 23.9 Å². The fraction of sp³-hybridized carbons (Fsp3) is 0.667. The van der Waals surface area contributed by atoms with Gasteiger partial charge in [-0.3, -0.25) is 4.79 Å². The van der Waals surface area contributed by atoms with E-state index in [1.165, 1.54) is 30.4 Å². The second-order valence-electron chi connectivity index (χ2n) is 8.61. The molecule has 2 aliphatic rings. The van der Waals surface area contributed by atoms with E-state index in [1.54, 1.807) is 0 Å². The first-order valence-electron chi connectivity index (χ1n) is 9.48. The molecule has 2 fully saturated rings. The lowest BCUT2D eigenvalue weighted by molar-refractivity contribution is -0.128. The van der Waals surface area contributed by atoms with Crippen molar-refractivity contribution in [2.45, 2.75) is 64.3 Å². The molecule has 1 aromatic rings. The molecule has 2 atom stereocenters. The standard InChI is InChI=1S/C21H32N2O/c1-14-7-4-5-10-18(14)21(2,3)13-23-20(24)17-11-15-8-6-9-16(12-17)19(15)22/h4-5,7,10,15-17,19H,6,8-9,11-13,22H2,1-3H3,(H,23,24). The van der Waals surface area contributed by atoms with Crippen molar-refractivity contribution in [1.82, 2.24) is 5.32 Å². The Morgan fingerprint density at radius 3 is 2.46 bits per heavy atom. The van der Waals surface area contributed by atoms with E-state index in [2.05, 4.69) is 50.4 Å². The van der Waals surface area contributed by atoms with Crippen LogP contribution in [0.15, 0.2) is 24.3 Å². The van der Waals surface area contributed by atoms with E-state index >= 15 is 0 Å². The number of aryl methyl sites for hydroxylation is 1. The molecule has 3 N–H and O–H groups in total. The molecular weight excluding hydrogens is 296 g/mol. The third kappa shape index (κ3) is 3.51. The van der Waals surface area contributed by atoms with Crippen LogP contribution in [-0.2, 0) is 10.2 Å². The molecule has 1 amide bonds. The van der Waals surface area contributed by atoms with E-state index in [9.17, 15) is 4.79 Å². The SMILES string of the molecule is Cc1ccccc1C(C)(C)CNC(=O)C1CC2CCCC(C1)C2N. The summed E-state index contributed by atoms with van der Waals surface area (Å²) in [7, 11) is 0. The van der Waals surface area contributed by atoms with Crippen LogP contribution in [0.2, 0.25) is 0 Å². The van der Waals surface area contributed by atoms with Gasteiger partial charge in [-0.15, -0.1) is 0 Å². The molecule has 3 heteroatoms. The maximum Gasteiger partial charge on any atom is 0.223 e. The molecule has 0 saturated heterocycles. The summed E-state index contributed by atoms with van der Waals surface area (Å²) in [5, 5.41) is 3.24. The van der Waals surface area contributed by atoms with Crippen molar-refractivity contribution in [2.24, 2.45) is 23.5 Å². The Balaban J connectivity index is 1.60. The minimum absolute atomic E-state index is 0.0536. The fourth-order valence-electron chi connectivity index (χ4n) is 4.88. The zero-order chi connectivity index (χ0) is 17.3. The number of amides is 1. The largest absolute Gasteiger partial charge is 0.355 e. The Labute approximate surface area is 146 Å². The molecule has 1 aromatic carbocycles. The van der Waals surface area contributed by atoms with Gasteiger partial charge in [0.05, 0.1) is 0 Å². The van der Waals surface area contributed by atoms with Gasteiger partial charge in [0.2, 0.25) is 5.91 Å². The van der Waals surface area contributed by atoms with E-state index < -0.39 is 0 Å². The van der Waals surface area contributed by atoms with Crippen molar-refractivity contribution in [3.63, 3.8) is 0 Å². The average molecular weight is 329 g/mol. The summed E-state index contributed by atoms with van der Waals surface area (Å²) < 4.78 is 0. The first kappa shape index (κ1) is 17.5. The second kappa shape index (κ2) is 6.87. The summed E-state index contributed by atoms with van der Waals surface area (Å²) in [5.74, 6) is 1.50. The van der Waals surface area contributed by atoms with Gasteiger partial charge in [-0.2, -0.15) is 0 Å². The van der Waals surface area contributed by atoms with Crippen LogP contribution < -0.4 is 11.1 Å². The molecule has 0 radical (unpaired) electrons. The molecule has 3 rings (SSSR count). The van der Waals surface area contributed by atoms with Gasteiger partial charge in [0.1, 0.15) is 0 Å². The van der Waals surface area contributed by atoms with Crippen LogP contribution >= 0.6 is 0 Å². The first-order chi connectivity index (χ1) is 11.4. The lowest BCUT2D eigenvalue weighted by Crippen LogP contribution is -2.50. The first-order valence-corrected chi connectivity index (χ1v) is 9.48. The lowest BCUT2D eigenvalue weighted by atomic mass is 9.65. The van der Waals surface area contributed by atoms with Gasteiger partial charge in [-0.1, -0.05) is 44.5 Å². The number of carbonyl (C=O) groups excluding carboxylic acids is 1. The van der Waals surface area contributed by atoms with Crippen LogP contribution in [0.5, 0.6) is 0 Å². The Morgan fingerprint density at radius 1 is 1.21 bits per heavy atom. The van der Waals surface area contributed by atoms with E-state index in [0.717, 1.165) is 12.8 Å². The molecule has 0 aromatic heterocycles. The number of hydrogen-bond donors (Lipinski definition) is 2. The smallest absolute Gasteiger partial charge is 0.223 e. The molecule has 3 nitrogen and oxygen atoms in total. The van der Waals surface area contributed by atoms with Gasteiger partial charge in [0.15, 0.2) is 0 Å². The number of nitrogens with one attached hydrogen (secondary N) is 1. The highest BCUT2D eigenvalue weighted by atomic mass is 16.1. The number of fused-ring (bicyclic) bond motifs is 2. The minimum atomic E-state index is -0.0536. The molecule has 0 spiro atoms. The quantitative estimate of drug-likeness (QED) is 0.888. The van der Waals surface area contributed by atoms with Crippen LogP contribution in [0, 0.1) is 24.7 Å². The highest BCUT2D eigenvalue weighted by Gasteiger charge is 2.40. The van der Waals surface area contributed by atoms with Crippen molar-refractivity contribution >= 4 is 5.91 Å². The molecule has 2 aliphatic carbocycles. The molecule has 2 bridgehead atoms. The number of carbonyl (C=O) groups is 1. The Morgan fingerprint density at radius 2 is 1.83 bits per heavy atom. The number of hydrogen-bond acceptors (Lipinski definition) is 2. The molecule has 24 heavy (non-hydrogen) atoms. The van der Waals surface area contributed by atoms with Crippen LogP contribution in [0.1, 0.15) is 57.1 Å². The lowest BCUT2D eigenvalue weighted by Gasteiger charge is -2.43. The Kier molecular flexibility index (Phi) is 5.00. The van der Waals surface area contributed by atoms with Crippen LogP contribution in [0.4, 0.5) is 0 Å². The van der Waals surface area contributed by atoms with E-state index in [4.69, 9.17) is 5.73 Å². The predicted molar refractivity (Wildman–Crippen MR) is 98.7 cm³/mol. The fourth-order valence-corrected chi connectivity index (χ4v) is 4.88. The Hall–Kier alpha value is -1.35. The minimum Gasteiger partial charge on any atom is -0.355 e. The number of rotatable bonds is 4. The van der Waals surface area contributed by atoms with Gasteiger partial charge >= 0.3 is 0 Å². The van der Waals surface area contributed by atoms with Crippen molar-refractivity contribution < 1.29 is 4.79 Å². The summed E-state index contributed by atoms with van der Waals surface area (Å²) in [4.78, 5) is 12.7. The second-order valence-corrected chi connectivity index (χ2v) is 8.61. The topological polar surface area (TPSA) is 55.1 Å². The van der Waals surface area contributed by atoms with Crippen molar-refractivity contribution in [3.05, 3.63) is 35.4 Å². The van der Waals surface area contributed by atoms with Crippen LogP contribution in [-0.4, -0.2) is 18.5 Å². The molecule has 2 saturated carbocycles. The van der Waals surface area contributed by atoms with Crippen LogP contribution in [0.25, 0.3) is 0 Å². The molecule has 0 heterocycles. The summed E-state index contributed by atoms with van der Waals surface area (Å²) in [6, 6.07) is 8.78. The average Bonchev–Trinajstić information content (AvgIpc) is 2.52. The summed E-state index contributed by atoms with van der Waals surface area (Å²) >= 11 is 0. The third-order valence-electron chi connectivity index (χ3n) is 6.36. The highest BCUT2D eigenvalue weighted by Crippen LogP contribution is 2.42. The highest BCUT2D eigenvalue weighted by molar-refractivity contribution is 5.79. The Bertz CT molecular complexity index is 581. The van der Waals surface area contributed by atoms with Crippen molar-refractivity contribution in [2.75, 3.05) is 6.54 Å². The summed E-state index contributed by atoms with van der Waals surface area (Å²) in [5.41, 5.74) is 8.90.